The molecule has 0 unspecified atom stereocenters. The fourth-order valence-corrected chi connectivity index (χ4v) is 2.62. The first-order valence-electron chi connectivity index (χ1n) is 5.91. The van der Waals surface area contributed by atoms with Gasteiger partial charge in [-0.15, -0.1) is 11.3 Å². The maximum atomic E-state index is 11.2. The van der Waals surface area contributed by atoms with Gasteiger partial charge in [0.1, 0.15) is 9.88 Å². The zero-order valence-corrected chi connectivity index (χ0v) is 11.2. The molecule has 0 bridgehead atoms. The summed E-state index contributed by atoms with van der Waals surface area (Å²) in [6.07, 6.45) is 5.20. The van der Waals surface area contributed by atoms with Gasteiger partial charge >= 0.3 is 5.97 Å². The van der Waals surface area contributed by atoms with Crippen LogP contribution in [0.15, 0.2) is 12.4 Å². The second-order valence-corrected chi connectivity index (χ2v) is 4.93. The zero-order valence-electron chi connectivity index (χ0n) is 10.4. The average molecular weight is 265 g/mol. The molecule has 2 aromatic heterocycles. The quantitative estimate of drug-likeness (QED) is 0.902. The van der Waals surface area contributed by atoms with E-state index in [1.165, 1.54) is 11.3 Å². The number of hydrogen-bond donors (Lipinski definition) is 1. The molecule has 0 aromatic carbocycles. The van der Waals surface area contributed by atoms with Gasteiger partial charge in [0.15, 0.2) is 0 Å². The zero-order chi connectivity index (χ0) is 13.1. The van der Waals surface area contributed by atoms with Gasteiger partial charge in [-0.3, -0.25) is 4.68 Å². The predicted octanol–water partition coefficient (Wildman–Crippen LogP) is 2.68. The van der Waals surface area contributed by atoms with Crippen LogP contribution >= 0.6 is 11.3 Å². The van der Waals surface area contributed by atoms with Gasteiger partial charge in [-0.2, -0.15) is 5.10 Å². The summed E-state index contributed by atoms with van der Waals surface area (Å²) in [7, 11) is 0. The first kappa shape index (κ1) is 12.8. The number of aromatic nitrogens is 3. The van der Waals surface area contributed by atoms with Gasteiger partial charge in [-0.1, -0.05) is 13.3 Å². The van der Waals surface area contributed by atoms with Crippen molar-refractivity contribution in [3.8, 4) is 10.6 Å². The minimum atomic E-state index is -0.898. The number of aryl methyl sites for hydroxylation is 2. The molecule has 5 nitrogen and oxygen atoms in total. The number of carboxylic acids is 1. The van der Waals surface area contributed by atoms with Crippen LogP contribution in [0.25, 0.3) is 10.6 Å². The molecule has 1 N–H and O–H groups in total. The average Bonchev–Trinajstić information content (AvgIpc) is 2.94. The summed E-state index contributed by atoms with van der Waals surface area (Å²) >= 11 is 1.22. The topological polar surface area (TPSA) is 68.0 Å². The second kappa shape index (κ2) is 5.30. The van der Waals surface area contributed by atoms with Crippen LogP contribution in [0.3, 0.4) is 0 Å². The van der Waals surface area contributed by atoms with Crippen molar-refractivity contribution in [1.29, 1.82) is 0 Å². The summed E-state index contributed by atoms with van der Waals surface area (Å²) in [5, 5.41) is 14.1. The van der Waals surface area contributed by atoms with Gasteiger partial charge in [0.2, 0.25) is 0 Å². The van der Waals surface area contributed by atoms with Crippen LogP contribution in [-0.2, 0) is 13.0 Å². The molecule has 0 aliphatic heterocycles. The number of rotatable bonds is 5. The molecule has 2 heterocycles. The molecule has 0 saturated heterocycles. The van der Waals surface area contributed by atoms with Crippen molar-refractivity contribution in [1.82, 2.24) is 14.8 Å². The van der Waals surface area contributed by atoms with E-state index in [-0.39, 0.29) is 0 Å². The summed E-state index contributed by atoms with van der Waals surface area (Å²) in [5.74, 6) is -0.898. The summed E-state index contributed by atoms with van der Waals surface area (Å²) in [6, 6.07) is 0. The van der Waals surface area contributed by atoms with E-state index in [2.05, 4.69) is 10.1 Å². The molecule has 0 aliphatic carbocycles. The van der Waals surface area contributed by atoms with E-state index in [9.17, 15) is 4.79 Å². The van der Waals surface area contributed by atoms with Crippen molar-refractivity contribution in [3.05, 3.63) is 23.0 Å². The van der Waals surface area contributed by atoms with E-state index < -0.39 is 5.97 Å². The van der Waals surface area contributed by atoms with Crippen molar-refractivity contribution in [3.63, 3.8) is 0 Å². The fraction of sp³-hybridized carbons (Fsp3) is 0.417. The van der Waals surface area contributed by atoms with Crippen LogP contribution in [-0.4, -0.2) is 25.8 Å². The van der Waals surface area contributed by atoms with E-state index in [1.807, 2.05) is 20.0 Å². The van der Waals surface area contributed by atoms with E-state index in [1.54, 1.807) is 10.9 Å². The maximum absolute atomic E-state index is 11.2. The van der Waals surface area contributed by atoms with Crippen LogP contribution in [0.2, 0.25) is 0 Å². The molecule has 2 rings (SSSR count). The third kappa shape index (κ3) is 2.43. The van der Waals surface area contributed by atoms with Gasteiger partial charge in [-0.05, 0) is 13.3 Å². The van der Waals surface area contributed by atoms with Crippen molar-refractivity contribution < 1.29 is 9.90 Å². The second-order valence-electron chi connectivity index (χ2n) is 3.93. The maximum Gasteiger partial charge on any atom is 0.347 e. The lowest BCUT2D eigenvalue weighted by atomic mass is 10.2. The molecule has 18 heavy (non-hydrogen) atoms. The van der Waals surface area contributed by atoms with E-state index in [0.717, 1.165) is 23.5 Å². The normalized spacial score (nSPS) is 10.8. The summed E-state index contributed by atoms with van der Waals surface area (Å²) in [5.41, 5.74) is 1.56. The Morgan fingerprint density at radius 3 is 2.83 bits per heavy atom. The Balaban J connectivity index is 2.39. The monoisotopic (exact) mass is 265 g/mol. The molecular weight excluding hydrogens is 250 g/mol. The molecule has 2 aromatic rings. The number of aromatic carboxylic acids is 1. The highest BCUT2D eigenvalue weighted by Gasteiger charge is 2.18. The summed E-state index contributed by atoms with van der Waals surface area (Å²) in [4.78, 5) is 15.9. The molecule has 0 aliphatic rings. The van der Waals surface area contributed by atoms with Crippen LogP contribution in [0.1, 0.15) is 35.6 Å². The van der Waals surface area contributed by atoms with Crippen LogP contribution in [0.4, 0.5) is 0 Å². The van der Waals surface area contributed by atoms with Crippen LogP contribution in [0.5, 0.6) is 0 Å². The lowest BCUT2D eigenvalue weighted by Crippen LogP contribution is -1.98. The molecular formula is C12H15N3O2S. The Bertz CT molecular complexity index is 559. The molecule has 0 amide bonds. The molecule has 0 saturated carbocycles. The first-order chi connectivity index (χ1) is 8.65. The van der Waals surface area contributed by atoms with E-state index >= 15 is 0 Å². The van der Waals surface area contributed by atoms with Crippen molar-refractivity contribution >= 4 is 17.3 Å². The SMILES string of the molecule is CCCc1nc(-c2cnn(CC)c2)sc1C(=O)O. The van der Waals surface area contributed by atoms with Crippen molar-refractivity contribution in [2.75, 3.05) is 0 Å². The van der Waals surface area contributed by atoms with Crippen molar-refractivity contribution in [2.24, 2.45) is 0 Å². The third-order valence-corrected chi connectivity index (χ3v) is 3.72. The Labute approximate surface area is 109 Å². The number of hydrogen-bond acceptors (Lipinski definition) is 4. The van der Waals surface area contributed by atoms with Gasteiger partial charge in [0, 0.05) is 18.3 Å². The number of nitrogens with zero attached hydrogens (tertiary/aromatic N) is 3. The Kier molecular flexibility index (Phi) is 3.76. The van der Waals surface area contributed by atoms with Gasteiger partial charge in [-0.25, -0.2) is 9.78 Å². The Morgan fingerprint density at radius 1 is 1.50 bits per heavy atom. The van der Waals surface area contributed by atoms with E-state index in [4.69, 9.17) is 5.11 Å². The lowest BCUT2D eigenvalue weighted by Gasteiger charge is -1.93. The molecule has 96 valence electrons. The Morgan fingerprint density at radius 2 is 2.28 bits per heavy atom. The number of carboxylic acid groups (broad SMARTS) is 1. The lowest BCUT2D eigenvalue weighted by molar-refractivity contribution is 0.0700. The third-order valence-electron chi connectivity index (χ3n) is 2.58. The minimum Gasteiger partial charge on any atom is -0.477 e. The number of carbonyl (C=O) groups is 1. The van der Waals surface area contributed by atoms with Crippen LogP contribution < -0.4 is 0 Å². The fourth-order valence-electron chi connectivity index (χ4n) is 1.70. The number of thiazole rings is 1. The highest BCUT2D eigenvalue weighted by Crippen LogP contribution is 2.28. The standard InChI is InChI=1S/C12H15N3O2S/c1-3-5-9-10(12(16)17)18-11(14-9)8-6-13-15(4-2)7-8/h6-7H,3-5H2,1-2H3,(H,16,17). The van der Waals surface area contributed by atoms with E-state index in [0.29, 0.717) is 17.0 Å². The molecule has 6 heteroatoms. The molecule has 0 radical (unpaired) electrons. The summed E-state index contributed by atoms with van der Waals surface area (Å²) < 4.78 is 1.80. The Hall–Kier alpha value is -1.69. The molecule has 0 spiro atoms. The largest absolute Gasteiger partial charge is 0.477 e. The minimum absolute atomic E-state index is 0.344. The first-order valence-corrected chi connectivity index (χ1v) is 6.73. The van der Waals surface area contributed by atoms with Gasteiger partial charge < -0.3 is 5.11 Å². The molecule has 0 atom stereocenters. The highest BCUT2D eigenvalue weighted by molar-refractivity contribution is 7.17. The highest BCUT2D eigenvalue weighted by atomic mass is 32.1. The molecule has 0 fully saturated rings. The summed E-state index contributed by atoms with van der Waals surface area (Å²) in [6.45, 7) is 4.81. The smallest absolute Gasteiger partial charge is 0.347 e. The van der Waals surface area contributed by atoms with Crippen molar-refractivity contribution in [2.45, 2.75) is 33.2 Å². The van der Waals surface area contributed by atoms with Gasteiger partial charge in [0.25, 0.3) is 0 Å². The predicted molar refractivity (Wildman–Crippen MR) is 70.0 cm³/mol. The van der Waals surface area contributed by atoms with Crippen LogP contribution in [0, 0.1) is 0 Å². The van der Waals surface area contributed by atoms with Gasteiger partial charge in [0.05, 0.1) is 11.9 Å².